The lowest BCUT2D eigenvalue weighted by Gasteiger charge is -2.14. The van der Waals surface area contributed by atoms with E-state index in [-0.39, 0.29) is 9.80 Å². The Labute approximate surface area is 131 Å². The number of ether oxygens (including phenoxy) is 1. The molecule has 0 N–H and O–H groups in total. The van der Waals surface area contributed by atoms with Crippen LogP contribution >= 0.6 is 0 Å². The minimum absolute atomic E-state index is 0.0582. The Morgan fingerprint density at radius 3 is 2.27 bits per heavy atom. The van der Waals surface area contributed by atoms with Gasteiger partial charge in [0.15, 0.2) is 4.91 Å². The van der Waals surface area contributed by atoms with Gasteiger partial charge in [0.2, 0.25) is 9.84 Å². The van der Waals surface area contributed by atoms with Gasteiger partial charge in [0.1, 0.15) is 0 Å². The lowest BCUT2D eigenvalue weighted by molar-refractivity contribution is -0.135. The summed E-state index contributed by atoms with van der Waals surface area (Å²) in [4.78, 5) is 13.5. The van der Waals surface area contributed by atoms with Gasteiger partial charge in [-0.05, 0) is 44.3 Å². The van der Waals surface area contributed by atoms with Crippen molar-refractivity contribution in [3.8, 4) is 0 Å². The van der Waals surface area contributed by atoms with E-state index in [0.717, 1.165) is 20.2 Å². The molecule has 0 aliphatic carbocycles. The molecule has 0 saturated heterocycles. The van der Waals surface area contributed by atoms with E-state index in [1.807, 2.05) is 18.7 Å². The van der Waals surface area contributed by atoms with Crippen LogP contribution in [0.2, 0.25) is 0 Å². The fourth-order valence-electron chi connectivity index (χ4n) is 1.78. The quantitative estimate of drug-likeness (QED) is 0.438. The predicted molar refractivity (Wildman–Crippen MR) is 85.8 cm³/mol. The number of benzene rings is 1. The lowest BCUT2D eigenvalue weighted by atomic mass is 10.4. The summed E-state index contributed by atoms with van der Waals surface area (Å²) in [5, 5.41) is 0. The van der Waals surface area contributed by atoms with Gasteiger partial charge in [-0.2, -0.15) is 0 Å². The van der Waals surface area contributed by atoms with E-state index in [1.165, 1.54) is 18.2 Å². The highest BCUT2D eigenvalue weighted by molar-refractivity contribution is 7.96. The number of esters is 1. The molecule has 0 saturated carbocycles. The van der Waals surface area contributed by atoms with Crippen molar-refractivity contribution >= 4 is 15.8 Å². The number of hydrogen-bond acceptors (Lipinski definition) is 5. The summed E-state index contributed by atoms with van der Waals surface area (Å²) in [6.45, 7) is 5.55. The molecule has 120 valence electrons. The highest BCUT2D eigenvalue weighted by atomic mass is 32.2. The predicted octanol–water partition coefficient (Wildman–Crippen LogP) is 2.37. The molecule has 0 aromatic heterocycles. The molecule has 22 heavy (non-hydrogen) atoms. The summed E-state index contributed by atoms with van der Waals surface area (Å²) in [6.07, 6.45) is 4.55. The largest absolute Gasteiger partial charge is 0.465 e. The molecule has 0 aliphatic heterocycles. The summed E-state index contributed by atoms with van der Waals surface area (Å²) >= 11 is 0. The molecule has 1 aromatic rings. The van der Waals surface area contributed by atoms with Crippen LogP contribution in [0, 0.1) is 0 Å². The Morgan fingerprint density at radius 1 is 1.18 bits per heavy atom. The van der Waals surface area contributed by atoms with Crippen molar-refractivity contribution in [1.29, 1.82) is 0 Å². The van der Waals surface area contributed by atoms with Crippen molar-refractivity contribution in [2.75, 3.05) is 20.2 Å². The zero-order chi connectivity index (χ0) is 16.6. The second kappa shape index (κ2) is 8.38. The van der Waals surface area contributed by atoms with Crippen molar-refractivity contribution in [3.63, 3.8) is 0 Å². The topological polar surface area (TPSA) is 63.7 Å². The molecule has 1 rings (SSSR count). The number of sulfone groups is 1. The molecule has 0 amide bonds. The van der Waals surface area contributed by atoms with Gasteiger partial charge in [-0.15, -0.1) is 0 Å². The molecule has 0 heterocycles. The molecule has 5 nitrogen and oxygen atoms in total. The van der Waals surface area contributed by atoms with E-state index in [1.54, 1.807) is 30.5 Å². The van der Waals surface area contributed by atoms with Crippen LogP contribution in [-0.2, 0) is 19.4 Å². The van der Waals surface area contributed by atoms with Crippen LogP contribution in [-0.4, -0.2) is 39.5 Å². The highest BCUT2D eigenvalue weighted by Gasteiger charge is 2.27. The van der Waals surface area contributed by atoms with Gasteiger partial charge in [0.25, 0.3) is 0 Å². The molecule has 0 atom stereocenters. The number of carbonyl (C=O) groups is 1. The minimum Gasteiger partial charge on any atom is -0.465 e. The standard InChI is InChI=1S/C16H21NO4S/c1-4-17(5-2)13-9-12-15(16(18)21-3)22(19,20)14-10-7-6-8-11-14/h6-13H,4-5H2,1-3H3/b13-9+,15-12-. The minimum atomic E-state index is -3.91. The first-order valence-corrected chi connectivity index (χ1v) is 8.46. The van der Waals surface area contributed by atoms with E-state index in [9.17, 15) is 13.2 Å². The van der Waals surface area contributed by atoms with Crippen LogP contribution in [0.5, 0.6) is 0 Å². The number of allylic oxidation sites excluding steroid dienone is 2. The molecule has 6 heteroatoms. The normalized spacial score (nSPS) is 12.4. The number of hydrogen-bond donors (Lipinski definition) is 0. The van der Waals surface area contributed by atoms with Gasteiger partial charge in [-0.1, -0.05) is 18.2 Å². The second-order valence-electron chi connectivity index (χ2n) is 4.40. The van der Waals surface area contributed by atoms with Crippen molar-refractivity contribution in [2.24, 2.45) is 0 Å². The summed E-state index contributed by atoms with van der Waals surface area (Å²) in [5.74, 6) is -0.881. The van der Waals surface area contributed by atoms with E-state index in [0.29, 0.717) is 0 Å². The van der Waals surface area contributed by atoms with Crippen LogP contribution in [0.25, 0.3) is 0 Å². The Hall–Kier alpha value is -2.08. The molecule has 0 spiro atoms. The van der Waals surface area contributed by atoms with Crippen LogP contribution < -0.4 is 0 Å². The average molecular weight is 323 g/mol. The van der Waals surface area contributed by atoms with Gasteiger partial charge in [-0.3, -0.25) is 0 Å². The second-order valence-corrected chi connectivity index (χ2v) is 6.32. The van der Waals surface area contributed by atoms with Crippen molar-refractivity contribution in [3.05, 3.63) is 53.6 Å². The Morgan fingerprint density at radius 2 is 1.77 bits per heavy atom. The SMILES string of the molecule is CCN(/C=C/C=C(/C(=O)OC)S(=O)(=O)c1ccccc1)CC. The maximum Gasteiger partial charge on any atom is 0.349 e. The smallest absolute Gasteiger partial charge is 0.349 e. The van der Waals surface area contributed by atoms with E-state index in [2.05, 4.69) is 4.74 Å². The van der Waals surface area contributed by atoms with Crippen LogP contribution in [0.15, 0.2) is 58.5 Å². The maximum atomic E-state index is 12.5. The Balaban J connectivity index is 3.22. The highest BCUT2D eigenvalue weighted by Crippen LogP contribution is 2.20. The van der Waals surface area contributed by atoms with Crippen LogP contribution in [0.3, 0.4) is 0 Å². The summed E-state index contributed by atoms with van der Waals surface area (Å²) in [7, 11) is -2.75. The molecule has 0 unspecified atom stereocenters. The number of carbonyl (C=O) groups excluding carboxylic acids is 1. The van der Waals surface area contributed by atoms with E-state index < -0.39 is 15.8 Å². The van der Waals surface area contributed by atoms with Gasteiger partial charge < -0.3 is 9.64 Å². The Kier molecular flexibility index (Phi) is 6.85. The summed E-state index contributed by atoms with van der Waals surface area (Å²) in [5.41, 5.74) is 0. The summed E-state index contributed by atoms with van der Waals surface area (Å²) in [6, 6.07) is 7.81. The fraction of sp³-hybridized carbons (Fsp3) is 0.312. The molecule has 0 aliphatic rings. The van der Waals surface area contributed by atoms with Gasteiger partial charge in [-0.25, -0.2) is 13.2 Å². The number of rotatable bonds is 7. The van der Waals surface area contributed by atoms with Crippen molar-refractivity contribution in [2.45, 2.75) is 18.7 Å². The number of nitrogens with zero attached hydrogens (tertiary/aromatic N) is 1. The van der Waals surface area contributed by atoms with Crippen LogP contribution in [0.4, 0.5) is 0 Å². The first-order chi connectivity index (χ1) is 10.5. The van der Waals surface area contributed by atoms with E-state index >= 15 is 0 Å². The third-order valence-electron chi connectivity index (χ3n) is 3.09. The molecular weight excluding hydrogens is 302 g/mol. The average Bonchev–Trinajstić information content (AvgIpc) is 2.55. The third-order valence-corrected chi connectivity index (χ3v) is 4.86. The first-order valence-electron chi connectivity index (χ1n) is 6.98. The zero-order valence-electron chi connectivity index (χ0n) is 13.0. The molecule has 0 fully saturated rings. The number of methoxy groups -OCH3 is 1. The molecular formula is C16H21NO4S. The van der Waals surface area contributed by atoms with E-state index in [4.69, 9.17) is 0 Å². The fourth-order valence-corrected chi connectivity index (χ4v) is 3.11. The van der Waals surface area contributed by atoms with Crippen molar-refractivity contribution < 1.29 is 17.9 Å². The van der Waals surface area contributed by atoms with Gasteiger partial charge in [0.05, 0.1) is 12.0 Å². The molecule has 0 radical (unpaired) electrons. The van der Waals surface area contributed by atoms with Gasteiger partial charge >= 0.3 is 5.97 Å². The van der Waals surface area contributed by atoms with Gasteiger partial charge in [0, 0.05) is 13.1 Å². The van der Waals surface area contributed by atoms with Crippen LogP contribution in [0.1, 0.15) is 13.8 Å². The summed E-state index contributed by atoms with van der Waals surface area (Å²) < 4.78 is 29.7. The molecule has 0 bridgehead atoms. The lowest BCUT2D eigenvalue weighted by Crippen LogP contribution is -2.16. The van der Waals surface area contributed by atoms with Crippen molar-refractivity contribution in [1.82, 2.24) is 4.90 Å². The molecule has 1 aromatic carbocycles. The first kappa shape index (κ1) is 18.0. The monoisotopic (exact) mass is 323 g/mol. The third kappa shape index (κ3) is 4.46. The Bertz CT molecular complexity index is 644. The maximum absolute atomic E-state index is 12.5. The zero-order valence-corrected chi connectivity index (χ0v) is 13.8.